The molecule has 0 spiro atoms. The first-order valence-corrected chi connectivity index (χ1v) is 6.19. The Bertz CT molecular complexity index is 735. The predicted octanol–water partition coefficient (Wildman–Crippen LogP) is 0.821. The first-order valence-electron chi connectivity index (χ1n) is 4.79. The Balaban J connectivity index is 2.38. The molecule has 1 aromatic carbocycles. The smallest absolute Gasteiger partial charge is 0.367 e. The zero-order valence-electron chi connectivity index (χ0n) is 9.23. The number of hydroxylamine groups is 1. The average molecular weight is 271 g/mol. The summed E-state index contributed by atoms with van der Waals surface area (Å²) in [6, 6.07) is 7.25. The molecule has 1 heterocycles. The van der Waals surface area contributed by atoms with Gasteiger partial charge in [-0.05, 0) is 22.7 Å². The van der Waals surface area contributed by atoms with Crippen LogP contribution in [0.2, 0.25) is 0 Å². The minimum absolute atomic E-state index is 0.108. The Hall–Kier alpha value is -1.90. The molecule has 0 fully saturated rings. The standard InChI is InChI=1S/C10H9NO6S/c1-11(18(13,14)15)17-8-4-2-7-3-5-10(12)16-9(7)6-8/h2-6H,1H3,(H,13,14,15). The van der Waals surface area contributed by atoms with E-state index in [-0.39, 0.29) is 15.8 Å². The zero-order valence-corrected chi connectivity index (χ0v) is 10.0. The van der Waals surface area contributed by atoms with Crippen LogP contribution in [0.3, 0.4) is 0 Å². The zero-order chi connectivity index (χ0) is 13.3. The van der Waals surface area contributed by atoms with Gasteiger partial charge < -0.3 is 9.25 Å². The van der Waals surface area contributed by atoms with Crippen LogP contribution in [0.1, 0.15) is 0 Å². The largest absolute Gasteiger partial charge is 0.423 e. The summed E-state index contributed by atoms with van der Waals surface area (Å²) in [7, 11) is -3.42. The van der Waals surface area contributed by atoms with Crippen LogP contribution in [-0.2, 0) is 10.3 Å². The molecule has 0 atom stereocenters. The molecule has 2 rings (SSSR count). The molecule has 1 N–H and O–H groups in total. The number of benzene rings is 1. The van der Waals surface area contributed by atoms with Crippen molar-refractivity contribution >= 4 is 21.3 Å². The van der Waals surface area contributed by atoms with E-state index in [1.807, 2.05) is 0 Å². The third-order valence-corrected chi connectivity index (χ3v) is 2.88. The Labute approximate surface area is 102 Å². The van der Waals surface area contributed by atoms with Crippen LogP contribution >= 0.6 is 0 Å². The fourth-order valence-electron chi connectivity index (χ4n) is 1.29. The van der Waals surface area contributed by atoms with Gasteiger partial charge in [0.1, 0.15) is 5.58 Å². The van der Waals surface area contributed by atoms with Gasteiger partial charge in [0.2, 0.25) is 0 Å². The van der Waals surface area contributed by atoms with Gasteiger partial charge in [0.25, 0.3) is 0 Å². The minimum Gasteiger partial charge on any atom is -0.423 e. The molecule has 8 heteroatoms. The lowest BCUT2D eigenvalue weighted by atomic mass is 10.2. The molecule has 0 saturated carbocycles. The summed E-state index contributed by atoms with van der Waals surface area (Å²) < 4.78 is 35.4. The molecular formula is C10H9NO6S. The van der Waals surface area contributed by atoms with Crippen LogP contribution in [0.4, 0.5) is 0 Å². The monoisotopic (exact) mass is 271 g/mol. The second kappa shape index (κ2) is 4.41. The summed E-state index contributed by atoms with van der Waals surface area (Å²) in [5, 5.41) is 0.663. The maximum absolute atomic E-state index is 11.0. The highest BCUT2D eigenvalue weighted by Gasteiger charge is 2.15. The van der Waals surface area contributed by atoms with Crippen LogP contribution in [0.15, 0.2) is 39.5 Å². The van der Waals surface area contributed by atoms with Gasteiger partial charge in [-0.1, -0.05) is 0 Å². The molecule has 0 aliphatic carbocycles. The summed E-state index contributed by atoms with van der Waals surface area (Å²) in [6.45, 7) is 0. The van der Waals surface area contributed by atoms with Crippen molar-refractivity contribution in [2.45, 2.75) is 0 Å². The van der Waals surface area contributed by atoms with Crippen molar-refractivity contribution in [1.29, 1.82) is 0 Å². The molecular weight excluding hydrogens is 262 g/mol. The number of rotatable bonds is 3. The second-order valence-corrected chi connectivity index (χ2v) is 4.84. The Kier molecular flexibility index (Phi) is 3.07. The molecule has 1 aromatic heterocycles. The average Bonchev–Trinajstić information content (AvgIpc) is 2.27. The van der Waals surface area contributed by atoms with E-state index in [2.05, 4.69) is 0 Å². The second-order valence-electron chi connectivity index (χ2n) is 3.43. The van der Waals surface area contributed by atoms with Gasteiger partial charge >= 0.3 is 15.9 Å². The molecule has 0 amide bonds. The molecule has 7 nitrogen and oxygen atoms in total. The lowest BCUT2D eigenvalue weighted by Crippen LogP contribution is -2.29. The summed E-state index contributed by atoms with van der Waals surface area (Å²) >= 11 is 0. The van der Waals surface area contributed by atoms with Crippen molar-refractivity contribution in [1.82, 2.24) is 4.47 Å². The summed E-state index contributed by atoms with van der Waals surface area (Å²) in [4.78, 5) is 15.9. The number of hydrogen-bond acceptors (Lipinski definition) is 5. The third-order valence-electron chi connectivity index (χ3n) is 2.15. The van der Waals surface area contributed by atoms with E-state index in [0.29, 0.717) is 5.39 Å². The van der Waals surface area contributed by atoms with E-state index in [1.54, 1.807) is 12.1 Å². The van der Waals surface area contributed by atoms with Gasteiger partial charge in [-0.15, -0.1) is 0 Å². The molecule has 96 valence electrons. The van der Waals surface area contributed by atoms with Crippen molar-refractivity contribution in [3.8, 4) is 5.75 Å². The van der Waals surface area contributed by atoms with Gasteiger partial charge in [-0.25, -0.2) is 4.79 Å². The number of hydrogen-bond donors (Lipinski definition) is 1. The molecule has 0 radical (unpaired) electrons. The van der Waals surface area contributed by atoms with Crippen LogP contribution in [0.25, 0.3) is 11.0 Å². The lowest BCUT2D eigenvalue weighted by Gasteiger charge is -2.13. The SMILES string of the molecule is CN(Oc1ccc2ccc(=O)oc2c1)S(=O)(=O)O. The van der Waals surface area contributed by atoms with Crippen molar-refractivity contribution in [2.75, 3.05) is 7.05 Å². The number of fused-ring (bicyclic) bond motifs is 1. The van der Waals surface area contributed by atoms with Crippen molar-refractivity contribution in [3.63, 3.8) is 0 Å². The molecule has 0 unspecified atom stereocenters. The maximum Gasteiger partial charge on any atom is 0.367 e. The summed E-state index contributed by atoms with van der Waals surface area (Å²) in [6.07, 6.45) is 0. The number of nitrogens with zero attached hydrogens (tertiary/aromatic N) is 1. The Morgan fingerprint density at radius 1 is 1.28 bits per heavy atom. The summed E-state index contributed by atoms with van der Waals surface area (Å²) in [5.74, 6) is 0.108. The summed E-state index contributed by atoms with van der Waals surface area (Å²) in [5.41, 5.74) is -0.272. The van der Waals surface area contributed by atoms with Crippen molar-refractivity contribution < 1.29 is 22.2 Å². The maximum atomic E-state index is 11.0. The van der Waals surface area contributed by atoms with Gasteiger partial charge in [0, 0.05) is 24.6 Å². The highest BCUT2D eigenvalue weighted by atomic mass is 32.2. The third kappa shape index (κ3) is 2.67. The Morgan fingerprint density at radius 3 is 2.61 bits per heavy atom. The Morgan fingerprint density at radius 2 is 1.94 bits per heavy atom. The van der Waals surface area contributed by atoms with Gasteiger partial charge in [0.15, 0.2) is 5.75 Å². The van der Waals surface area contributed by atoms with E-state index in [1.165, 1.54) is 18.2 Å². The predicted molar refractivity (Wildman–Crippen MR) is 62.4 cm³/mol. The van der Waals surface area contributed by atoms with E-state index < -0.39 is 15.9 Å². The first kappa shape index (κ1) is 12.6. The van der Waals surface area contributed by atoms with Gasteiger partial charge in [-0.3, -0.25) is 4.55 Å². The molecule has 0 aliphatic heterocycles. The molecule has 18 heavy (non-hydrogen) atoms. The topological polar surface area (TPSA) is 97.0 Å². The van der Waals surface area contributed by atoms with Crippen LogP contribution < -0.4 is 10.5 Å². The van der Waals surface area contributed by atoms with Crippen LogP contribution in [0.5, 0.6) is 5.75 Å². The van der Waals surface area contributed by atoms with Crippen molar-refractivity contribution in [2.24, 2.45) is 0 Å². The normalized spacial score (nSPS) is 11.9. The highest BCUT2D eigenvalue weighted by Crippen LogP contribution is 2.20. The van der Waals surface area contributed by atoms with Gasteiger partial charge in [0.05, 0.1) is 0 Å². The van der Waals surface area contributed by atoms with E-state index in [4.69, 9.17) is 13.8 Å². The fraction of sp³-hybridized carbons (Fsp3) is 0.100. The quantitative estimate of drug-likeness (QED) is 0.504. The highest BCUT2D eigenvalue weighted by molar-refractivity contribution is 7.83. The molecule has 0 bridgehead atoms. The van der Waals surface area contributed by atoms with Crippen LogP contribution in [0, 0.1) is 0 Å². The lowest BCUT2D eigenvalue weighted by molar-refractivity contribution is 0.0529. The molecule has 2 aromatic rings. The van der Waals surface area contributed by atoms with Gasteiger partial charge in [-0.2, -0.15) is 8.42 Å². The first-order chi connectivity index (χ1) is 8.36. The van der Waals surface area contributed by atoms with Crippen LogP contribution in [-0.4, -0.2) is 24.5 Å². The molecule has 0 aliphatic rings. The van der Waals surface area contributed by atoms with Crippen molar-refractivity contribution in [3.05, 3.63) is 40.8 Å². The molecule has 0 saturated heterocycles. The van der Waals surface area contributed by atoms with E-state index >= 15 is 0 Å². The van der Waals surface area contributed by atoms with E-state index in [9.17, 15) is 13.2 Å². The minimum atomic E-state index is -4.44. The van der Waals surface area contributed by atoms with E-state index in [0.717, 1.165) is 7.05 Å². The fourth-order valence-corrected chi connectivity index (χ4v) is 1.47.